The van der Waals surface area contributed by atoms with Gasteiger partial charge in [0.1, 0.15) is 0 Å². The number of carboxylic acids is 1. The van der Waals surface area contributed by atoms with Crippen LogP contribution >= 0.6 is 0 Å². The van der Waals surface area contributed by atoms with Gasteiger partial charge in [-0.05, 0) is 6.07 Å². The summed E-state index contributed by atoms with van der Waals surface area (Å²) in [6.07, 6.45) is 0. The summed E-state index contributed by atoms with van der Waals surface area (Å²) in [5.41, 5.74) is 5.68. The second-order valence-electron chi connectivity index (χ2n) is 2.05. The number of nitrogens with two attached hydrogens (primary N) is 1. The predicted octanol–water partition coefficient (Wildman–Crippen LogP) is 0.873. The van der Waals surface area contributed by atoms with E-state index in [0.717, 1.165) is 0 Å². The van der Waals surface area contributed by atoms with Crippen LogP contribution in [0.15, 0.2) is 23.1 Å². The molecule has 1 aromatic carbocycles. The molecule has 0 radical (unpaired) electrons. The van der Waals surface area contributed by atoms with Gasteiger partial charge >= 0.3 is 5.97 Å². The number of anilines is 1. The highest BCUT2D eigenvalue weighted by Gasteiger charge is 2.04. The maximum absolute atomic E-state index is 10.4. The van der Waals surface area contributed by atoms with Crippen molar-refractivity contribution in [1.29, 1.82) is 0 Å². The summed E-state index contributed by atoms with van der Waals surface area (Å²) in [5, 5.41) is 8.54. The normalized spacial score (nSPS) is 9.45. The lowest BCUT2D eigenvalue weighted by atomic mass is 10.2. The molecular weight excluding hydrogens is 162 g/mol. The molecule has 0 aliphatic carbocycles. The fourth-order valence-corrected chi connectivity index (χ4v) is 0.931. The Kier molecular flexibility index (Phi) is 1.96. The smallest absolute Gasteiger partial charge is 0.337 e. The van der Waals surface area contributed by atoms with Crippen LogP contribution in [0.2, 0.25) is 0 Å². The van der Waals surface area contributed by atoms with Crippen LogP contribution < -0.4 is 5.73 Å². The van der Waals surface area contributed by atoms with Crippen molar-refractivity contribution in [3.05, 3.63) is 23.8 Å². The second kappa shape index (κ2) is 2.75. The highest BCUT2D eigenvalue weighted by atomic mass is 32.1. The second-order valence-corrected chi connectivity index (χ2v) is 2.53. The molecule has 0 saturated carbocycles. The molecule has 4 heteroatoms. The number of hydrogen-bond acceptors (Lipinski definition) is 3. The molecule has 0 amide bonds. The zero-order valence-corrected chi connectivity index (χ0v) is 6.39. The fraction of sp³-hybridized carbons (Fsp3) is 0. The molecule has 0 aliphatic heterocycles. The number of hydrogen-bond donors (Lipinski definition) is 2. The quantitative estimate of drug-likeness (QED) is 0.482. The SMILES string of the molecule is Nc1cc([S-])ccc1C(=O)O. The van der Waals surface area contributed by atoms with Crippen LogP contribution in [0.4, 0.5) is 5.69 Å². The van der Waals surface area contributed by atoms with Crippen molar-refractivity contribution in [3.63, 3.8) is 0 Å². The summed E-state index contributed by atoms with van der Waals surface area (Å²) >= 11 is 4.77. The molecule has 58 valence electrons. The molecule has 0 spiro atoms. The van der Waals surface area contributed by atoms with E-state index >= 15 is 0 Å². The predicted molar refractivity (Wildman–Crippen MR) is 43.4 cm³/mol. The van der Waals surface area contributed by atoms with Gasteiger partial charge in [-0.1, -0.05) is 12.1 Å². The van der Waals surface area contributed by atoms with Crippen LogP contribution in [0.25, 0.3) is 0 Å². The standard InChI is InChI=1S/C7H7NO2S/c8-6-3-4(11)1-2-5(6)7(9)10/h1-3,11H,8H2,(H,9,10)/p-1. The Hall–Kier alpha value is -1.29. The van der Waals surface area contributed by atoms with Gasteiger partial charge in [-0.2, -0.15) is 4.90 Å². The summed E-state index contributed by atoms with van der Waals surface area (Å²) in [6.45, 7) is 0. The van der Waals surface area contributed by atoms with E-state index in [9.17, 15) is 4.79 Å². The van der Waals surface area contributed by atoms with Gasteiger partial charge < -0.3 is 23.5 Å². The van der Waals surface area contributed by atoms with Crippen molar-refractivity contribution in [2.45, 2.75) is 4.90 Å². The zero-order chi connectivity index (χ0) is 8.43. The average molecular weight is 168 g/mol. The fourth-order valence-electron chi connectivity index (χ4n) is 0.736. The Morgan fingerprint density at radius 2 is 2.18 bits per heavy atom. The first kappa shape index (κ1) is 7.81. The van der Waals surface area contributed by atoms with Gasteiger partial charge in [-0.3, -0.25) is 0 Å². The number of carbonyl (C=O) groups is 1. The van der Waals surface area contributed by atoms with Crippen molar-refractivity contribution < 1.29 is 9.90 Å². The van der Waals surface area contributed by atoms with Crippen LogP contribution in [0.3, 0.4) is 0 Å². The van der Waals surface area contributed by atoms with Gasteiger partial charge in [0.05, 0.1) is 5.56 Å². The van der Waals surface area contributed by atoms with E-state index in [1.807, 2.05) is 0 Å². The van der Waals surface area contributed by atoms with Gasteiger partial charge in [0, 0.05) is 5.69 Å². The van der Waals surface area contributed by atoms with Gasteiger partial charge in [-0.25, -0.2) is 4.79 Å². The molecule has 0 atom stereocenters. The summed E-state index contributed by atoms with van der Waals surface area (Å²) in [7, 11) is 0. The highest BCUT2D eigenvalue weighted by molar-refractivity contribution is 7.58. The Labute approximate surface area is 69.2 Å². The molecule has 0 unspecified atom stereocenters. The molecule has 0 fully saturated rings. The number of carboxylic acid groups (broad SMARTS) is 1. The van der Waals surface area contributed by atoms with E-state index in [1.165, 1.54) is 18.2 Å². The Morgan fingerprint density at radius 3 is 2.64 bits per heavy atom. The van der Waals surface area contributed by atoms with Crippen molar-refractivity contribution in [2.75, 3.05) is 5.73 Å². The third kappa shape index (κ3) is 1.59. The molecule has 3 N–H and O–H groups in total. The minimum atomic E-state index is -1.03. The van der Waals surface area contributed by atoms with E-state index in [1.54, 1.807) is 0 Å². The third-order valence-electron chi connectivity index (χ3n) is 1.25. The van der Waals surface area contributed by atoms with Crippen molar-refractivity contribution in [1.82, 2.24) is 0 Å². The van der Waals surface area contributed by atoms with E-state index in [-0.39, 0.29) is 11.3 Å². The van der Waals surface area contributed by atoms with Crippen LogP contribution in [0, 0.1) is 0 Å². The van der Waals surface area contributed by atoms with E-state index in [4.69, 9.17) is 23.5 Å². The topological polar surface area (TPSA) is 63.3 Å². The largest absolute Gasteiger partial charge is 0.780 e. The number of nitrogen functional groups attached to an aromatic ring is 1. The lowest BCUT2D eigenvalue weighted by Crippen LogP contribution is -2.01. The maximum Gasteiger partial charge on any atom is 0.337 e. The van der Waals surface area contributed by atoms with Crippen LogP contribution in [0.1, 0.15) is 10.4 Å². The van der Waals surface area contributed by atoms with Crippen LogP contribution in [-0.2, 0) is 12.6 Å². The summed E-state index contributed by atoms with van der Waals surface area (Å²) in [5.74, 6) is -1.03. The Balaban J connectivity index is 3.20. The monoisotopic (exact) mass is 168 g/mol. The summed E-state index contributed by atoms with van der Waals surface area (Å²) in [4.78, 5) is 11.0. The molecule has 0 heterocycles. The van der Waals surface area contributed by atoms with Gasteiger partial charge in [0.15, 0.2) is 0 Å². The molecule has 0 saturated heterocycles. The van der Waals surface area contributed by atoms with Gasteiger partial charge in [0.2, 0.25) is 0 Å². The van der Waals surface area contributed by atoms with E-state index in [0.29, 0.717) is 4.90 Å². The molecule has 0 aliphatic rings. The summed E-state index contributed by atoms with van der Waals surface area (Å²) < 4.78 is 0. The third-order valence-corrected chi connectivity index (χ3v) is 1.51. The van der Waals surface area contributed by atoms with E-state index in [2.05, 4.69) is 0 Å². The molecule has 0 bridgehead atoms. The van der Waals surface area contributed by atoms with Crippen molar-refractivity contribution in [2.24, 2.45) is 0 Å². The first-order valence-corrected chi connectivity index (χ1v) is 3.32. The minimum absolute atomic E-state index is 0.0959. The first-order chi connectivity index (χ1) is 5.11. The van der Waals surface area contributed by atoms with Crippen LogP contribution in [-0.4, -0.2) is 11.1 Å². The lowest BCUT2D eigenvalue weighted by molar-refractivity contribution is 0.0698. The first-order valence-electron chi connectivity index (χ1n) is 2.91. The maximum atomic E-state index is 10.4. The molecular formula is C7H6NO2S-. The zero-order valence-electron chi connectivity index (χ0n) is 5.57. The molecule has 3 nitrogen and oxygen atoms in total. The molecule has 11 heavy (non-hydrogen) atoms. The van der Waals surface area contributed by atoms with Crippen molar-refractivity contribution >= 4 is 24.3 Å². The lowest BCUT2D eigenvalue weighted by Gasteiger charge is -2.07. The van der Waals surface area contributed by atoms with Gasteiger partial charge in [0.25, 0.3) is 0 Å². The van der Waals surface area contributed by atoms with Gasteiger partial charge in [-0.15, -0.1) is 0 Å². The molecule has 1 aromatic rings. The number of benzene rings is 1. The molecule has 1 rings (SSSR count). The minimum Gasteiger partial charge on any atom is -0.780 e. The Bertz CT molecular complexity index is 298. The summed E-state index contributed by atoms with van der Waals surface area (Å²) in [6, 6.07) is 4.40. The Morgan fingerprint density at radius 1 is 1.55 bits per heavy atom. The highest BCUT2D eigenvalue weighted by Crippen LogP contribution is 2.13. The van der Waals surface area contributed by atoms with Crippen molar-refractivity contribution in [3.8, 4) is 0 Å². The average Bonchev–Trinajstić information content (AvgIpc) is 1.85. The van der Waals surface area contributed by atoms with Crippen LogP contribution in [0.5, 0.6) is 0 Å². The number of rotatable bonds is 1. The number of aromatic carboxylic acids is 1. The van der Waals surface area contributed by atoms with E-state index < -0.39 is 5.97 Å². The molecule has 0 aromatic heterocycles.